The maximum atomic E-state index is 12.1. The number of benzene rings is 2. The van der Waals surface area contributed by atoms with E-state index in [1.165, 1.54) is 0 Å². The molecule has 0 spiro atoms. The number of hydrogen-bond acceptors (Lipinski definition) is 3. The molecule has 1 amide bonds. The molecule has 0 radical (unpaired) electrons. The van der Waals surface area contributed by atoms with E-state index in [1.807, 2.05) is 0 Å². The Labute approximate surface area is 129 Å². The molecule has 2 rings (SSSR count). The van der Waals surface area contributed by atoms with Gasteiger partial charge >= 0.3 is 5.97 Å². The number of aliphatic carboxylic acids is 1. The van der Waals surface area contributed by atoms with E-state index >= 15 is 0 Å². The van der Waals surface area contributed by atoms with Crippen molar-refractivity contribution in [3.63, 3.8) is 0 Å². The molecule has 0 bridgehead atoms. The number of carboxylic acid groups (broad SMARTS) is 1. The van der Waals surface area contributed by atoms with E-state index in [9.17, 15) is 9.59 Å². The number of amides is 1. The van der Waals surface area contributed by atoms with E-state index in [1.54, 1.807) is 42.5 Å². The summed E-state index contributed by atoms with van der Waals surface area (Å²) in [6.07, 6.45) is -0.0488. The van der Waals surface area contributed by atoms with Crippen molar-refractivity contribution < 1.29 is 14.7 Å². The van der Waals surface area contributed by atoms with Gasteiger partial charge in [-0.15, -0.1) is 0 Å². The molecule has 0 saturated heterocycles. The van der Waals surface area contributed by atoms with Crippen LogP contribution in [0.25, 0.3) is 0 Å². The predicted molar refractivity (Wildman–Crippen MR) is 84.3 cm³/mol. The highest BCUT2D eigenvalue weighted by molar-refractivity contribution is 9.10. The van der Waals surface area contributed by atoms with Gasteiger partial charge in [0.2, 0.25) is 0 Å². The molecule has 4 N–H and O–H groups in total. The Morgan fingerprint density at radius 3 is 2.43 bits per heavy atom. The number of anilines is 2. The number of nitrogen functional groups attached to an aromatic ring is 1. The first kappa shape index (κ1) is 15.1. The molecule has 108 valence electrons. The molecule has 0 aliphatic rings. The lowest BCUT2D eigenvalue weighted by atomic mass is 10.1. The minimum absolute atomic E-state index is 0.0488. The summed E-state index contributed by atoms with van der Waals surface area (Å²) in [4.78, 5) is 22.7. The number of hydrogen-bond donors (Lipinski definition) is 3. The molecule has 0 atom stereocenters. The summed E-state index contributed by atoms with van der Waals surface area (Å²) in [5.41, 5.74) is 7.84. The number of para-hydroxylation sites is 1. The number of rotatable bonds is 4. The summed E-state index contributed by atoms with van der Waals surface area (Å²) in [7, 11) is 0. The van der Waals surface area contributed by atoms with Gasteiger partial charge in [0.1, 0.15) is 0 Å². The third-order valence-electron chi connectivity index (χ3n) is 2.86. The van der Waals surface area contributed by atoms with Crippen LogP contribution < -0.4 is 11.1 Å². The summed E-state index contributed by atoms with van der Waals surface area (Å²) >= 11 is 3.27. The van der Waals surface area contributed by atoms with Crippen LogP contribution in [0.5, 0.6) is 0 Å². The monoisotopic (exact) mass is 348 g/mol. The lowest BCUT2D eigenvalue weighted by Crippen LogP contribution is -2.14. The van der Waals surface area contributed by atoms with Crippen molar-refractivity contribution in [2.75, 3.05) is 11.1 Å². The molecule has 0 saturated carbocycles. The van der Waals surface area contributed by atoms with Crippen LogP contribution in [0, 0.1) is 0 Å². The van der Waals surface area contributed by atoms with Crippen LogP contribution in [0.4, 0.5) is 11.4 Å². The smallest absolute Gasteiger partial charge is 0.307 e. The van der Waals surface area contributed by atoms with Crippen LogP contribution in [0.15, 0.2) is 46.9 Å². The van der Waals surface area contributed by atoms with Gasteiger partial charge in [-0.2, -0.15) is 0 Å². The Hall–Kier alpha value is -2.34. The first-order valence-corrected chi connectivity index (χ1v) is 6.93. The van der Waals surface area contributed by atoms with Gasteiger partial charge in [-0.3, -0.25) is 9.59 Å². The van der Waals surface area contributed by atoms with Crippen molar-refractivity contribution in [2.45, 2.75) is 6.42 Å². The summed E-state index contributed by atoms with van der Waals surface area (Å²) in [6, 6.07) is 11.8. The second-order valence-corrected chi connectivity index (χ2v) is 5.28. The summed E-state index contributed by atoms with van der Waals surface area (Å²) in [5.74, 6) is -1.21. The van der Waals surface area contributed by atoms with E-state index in [0.717, 1.165) is 0 Å². The molecule has 0 fully saturated rings. The normalized spacial score (nSPS) is 10.1. The van der Waals surface area contributed by atoms with E-state index in [0.29, 0.717) is 27.0 Å². The van der Waals surface area contributed by atoms with Crippen LogP contribution in [0.3, 0.4) is 0 Å². The van der Waals surface area contributed by atoms with Crippen LogP contribution in [-0.2, 0) is 11.2 Å². The quantitative estimate of drug-likeness (QED) is 0.740. The first-order chi connectivity index (χ1) is 9.97. The third-order valence-corrected chi connectivity index (χ3v) is 3.56. The molecular formula is C15H13BrN2O3. The molecule has 0 heterocycles. The van der Waals surface area contributed by atoms with Gasteiger partial charge in [-0.1, -0.05) is 18.2 Å². The molecule has 0 aliphatic carbocycles. The zero-order valence-electron chi connectivity index (χ0n) is 11.0. The third kappa shape index (κ3) is 3.82. The average molecular weight is 349 g/mol. The van der Waals surface area contributed by atoms with Gasteiger partial charge in [0.05, 0.1) is 17.7 Å². The van der Waals surface area contributed by atoms with Crippen molar-refractivity contribution in [1.29, 1.82) is 0 Å². The van der Waals surface area contributed by atoms with Crippen LogP contribution in [0.2, 0.25) is 0 Å². The molecule has 0 aromatic heterocycles. The zero-order valence-corrected chi connectivity index (χ0v) is 12.6. The SMILES string of the molecule is Nc1c(Br)cccc1C(=O)Nc1ccc(CC(=O)O)cc1. The zero-order chi connectivity index (χ0) is 15.4. The molecule has 21 heavy (non-hydrogen) atoms. The summed E-state index contributed by atoms with van der Waals surface area (Å²) < 4.78 is 0.659. The van der Waals surface area contributed by atoms with Crippen LogP contribution in [0.1, 0.15) is 15.9 Å². The predicted octanol–water partition coefficient (Wildman–Crippen LogP) is 2.91. The second-order valence-electron chi connectivity index (χ2n) is 4.42. The maximum absolute atomic E-state index is 12.1. The fourth-order valence-electron chi connectivity index (χ4n) is 1.81. The number of carbonyl (C=O) groups is 2. The van der Waals surface area contributed by atoms with Crippen LogP contribution >= 0.6 is 15.9 Å². The van der Waals surface area contributed by atoms with Gasteiger partial charge < -0.3 is 16.2 Å². The molecule has 2 aromatic rings. The van der Waals surface area contributed by atoms with Crippen molar-refractivity contribution in [1.82, 2.24) is 0 Å². The van der Waals surface area contributed by atoms with Crippen molar-refractivity contribution in [3.05, 3.63) is 58.1 Å². The van der Waals surface area contributed by atoms with Crippen molar-refractivity contribution in [2.24, 2.45) is 0 Å². The van der Waals surface area contributed by atoms with Crippen molar-refractivity contribution >= 4 is 39.2 Å². The highest BCUT2D eigenvalue weighted by Crippen LogP contribution is 2.23. The summed E-state index contributed by atoms with van der Waals surface area (Å²) in [6.45, 7) is 0. The largest absolute Gasteiger partial charge is 0.481 e. The number of halogens is 1. The lowest BCUT2D eigenvalue weighted by Gasteiger charge is -2.09. The van der Waals surface area contributed by atoms with E-state index in [4.69, 9.17) is 10.8 Å². The molecular weight excluding hydrogens is 336 g/mol. The average Bonchev–Trinajstić information content (AvgIpc) is 2.43. The van der Waals surface area contributed by atoms with E-state index in [-0.39, 0.29) is 12.3 Å². The van der Waals surface area contributed by atoms with E-state index < -0.39 is 5.97 Å². The fourth-order valence-corrected chi connectivity index (χ4v) is 2.18. The number of carboxylic acids is 1. The Bertz CT molecular complexity index is 684. The Morgan fingerprint density at radius 1 is 1.14 bits per heavy atom. The molecule has 6 heteroatoms. The Kier molecular flexibility index (Phi) is 4.59. The van der Waals surface area contributed by atoms with Gasteiger partial charge in [0, 0.05) is 10.2 Å². The second kappa shape index (κ2) is 6.41. The number of nitrogens with two attached hydrogens (primary N) is 1. The van der Waals surface area contributed by atoms with Crippen molar-refractivity contribution in [3.8, 4) is 0 Å². The van der Waals surface area contributed by atoms with Gasteiger partial charge in [-0.05, 0) is 45.8 Å². The standard InChI is InChI=1S/C15H13BrN2O3/c16-12-3-1-2-11(14(12)17)15(21)18-10-6-4-9(5-7-10)8-13(19)20/h1-7H,8,17H2,(H,18,21)(H,19,20). The maximum Gasteiger partial charge on any atom is 0.307 e. The summed E-state index contributed by atoms with van der Waals surface area (Å²) in [5, 5.41) is 11.4. The first-order valence-electron chi connectivity index (χ1n) is 6.13. The molecule has 0 aliphatic heterocycles. The number of carbonyl (C=O) groups excluding carboxylic acids is 1. The highest BCUT2D eigenvalue weighted by atomic mass is 79.9. The molecule has 2 aromatic carbocycles. The van der Waals surface area contributed by atoms with Gasteiger partial charge in [0.15, 0.2) is 0 Å². The minimum Gasteiger partial charge on any atom is -0.481 e. The molecule has 5 nitrogen and oxygen atoms in total. The lowest BCUT2D eigenvalue weighted by molar-refractivity contribution is -0.136. The van der Waals surface area contributed by atoms with Crippen LogP contribution in [-0.4, -0.2) is 17.0 Å². The van der Waals surface area contributed by atoms with Gasteiger partial charge in [-0.25, -0.2) is 0 Å². The minimum atomic E-state index is -0.895. The topological polar surface area (TPSA) is 92.4 Å². The Balaban J connectivity index is 2.12. The van der Waals surface area contributed by atoms with E-state index in [2.05, 4.69) is 21.2 Å². The molecule has 0 unspecified atom stereocenters. The number of nitrogens with one attached hydrogen (secondary N) is 1. The van der Waals surface area contributed by atoms with Gasteiger partial charge in [0.25, 0.3) is 5.91 Å². The fraction of sp³-hybridized carbons (Fsp3) is 0.0667. The Morgan fingerprint density at radius 2 is 1.81 bits per heavy atom. The highest BCUT2D eigenvalue weighted by Gasteiger charge is 2.11.